The molecule has 0 bridgehead atoms. The second-order valence-electron chi connectivity index (χ2n) is 6.81. The summed E-state index contributed by atoms with van der Waals surface area (Å²) >= 11 is 0. The van der Waals surface area contributed by atoms with E-state index in [9.17, 15) is 4.79 Å². The molecule has 2 amide bonds. The molecule has 3 aromatic rings. The Morgan fingerprint density at radius 1 is 1.25 bits per heavy atom. The van der Waals surface area contributed by atoms with Gasteiger partial charge in [0.05, 0.1) is 12.7 Å². The monoisotopic (exact) mass is 378 g/mol. The Balaban J connectivity index is 1.54. The summed E-state index contributed by atoms with van der Waals surface area (Å²) in [5.74, 6) is 1.58. The number of hydrogen-bond donors (Lipinski definition) is 1. The average molecular weight is 378 g/mol. The first-order valence-corrected chi connectivity index (χ1v) is 9.27. The zero-order valence-corrected chi connectivity index (χ0v) is 15.9. The van der Waals surface area contributed by atoms with E-state index in [-0.39, 0.29) is 12.1 Å². The predicted octanol–water partition coefficient (Wildman–Crippen LogP) is 4.42. The standard InChI is InChI=1S/C21H22N4O3/c1-14-7-5-8-15(13-14)22-21(26)25-12-6-10-17(25)20-23-19(24-28-20)16-9-3-4-11-18(16)27-2/h3-5,7-9,11,13,17H,6,10,12H2,1-2H3,(H,22,26). The highest BCUT2D eigenvalue weighted by Crippen LogP contribution is 2.34. The normalized spacial score (nSPS) is 16.2. The van der Waals surface area contributed by atoms with Gasteiger partial charge in [0.2, 0.25) is 11.7 Å². The van der Waals surface area contributed by atoms with Crippen molar-refractivity contribution >= 4 is 11.7 Å². The minimum absolute atomic E-state index is 0.162. The molecule has 4 rings (SSSR count). The Kier molecular flexibility index (Phi) is 4.97. The van der Waals surface area contributed by atoms with Crippen molar-refractivity contribution in [3.05, 3.63) is 60.0 Å². The lowest BCUT2D eigenvalue weighted by atomic mass is 10.2. The third-order valence-electron chi connectivity index (χ3n) is 4.86. The number of anilines is 1. The number of aryl methyl sites for hydroxylation is 1. The van der Waals surface area contributed by atoms with Gasteiger partial charge in [-0.2, -0.15) is 4.98 Å². The lowest BCUT2D eigenvalue weighted by Crippen LogP contribution is -2.34. The first kappa shape index (κ1) is 18.0. The van der Waals surface area contributed by atoms with Gasteiger partial charge in [0.1, 0.15) is 11.8 Å². The topological polar surface area (TPSA) is 80.5 Å². The Morgan fingerprint density at radius 3 is 2.93 bits per heavy atom. The molecule has 1 aliphatic heterocycles. The van der Waals surface area contributed by atoms with Crippen LogP contribution in [0, 0.1) is 6.92 Å². The molecule has 0 spiro atoms. The number of nitrogens with zero attached hydrogens (tertiary/aromatic N) is 3. The molecule has 28 heavy (non-hydrogen) atoms. The molecule has 2 heterocycles. The highest BCUT2D eigenvalue weighted by atomic mass is 16.5. The zero-order chi connectivity index (χ0) is 19.5. The quantitative estimate of drug-likeness (QED) is 0.727. The fraction of sp³-hybridized carbons (Fsp3) is 0.286. The van der Waals surface area contributed by atoms with E-state index in [1.54, 1.807) is 12.0 Å². The first-order valence-electron chi connectivity index (χ1n) is 9.27. The molecular weight excluding hydrogens is 356 g/mol. The number of amides is 2. The molecule has 1 N–H and O–H groups in total. The molecule has 1 atom stereocenters. The number of aromatic nitrogens is 2. The molecule has 1 unspecified atom stereocenters. The van der Waals surface area contributed by atoms with Crippen LogP contribution in [-0.2, 0) is 0 Å². The fourth-order valence-corrected chi connectivity index (χ4v) is 3.49. The van der Waals surface area contributed by atoms with Crippen LogP contribution < -0.4 is 10.1 Å². The zero-order valence-electron chi connectivity index (χ0n) is 15.9. The first-order chi connectivity index (χ1) is 13.7. The number of benzene rings is 2. The number of ether oxygens (including phenoxy) is 1. The Morgan fingerprint density at radius 2 is 2.11 bits per heavy atom. The third kappa shape index (κ3) is 3.55. The number of likely N-dealkylation sites (tertiary alicyclic amines) is 1. The van der Waals surface area contributed by atoms with E-state index in [4.69, 9.17) is 9.26 Å². The molecule has 1 fully saturated rings. The number of hydrogen-bond acceptors (Lipinski definition) is 5. The van der Waals surface area contributed by atoms with E-state index in [0.717, 1.165) is 29.7 Å². The van der Waals surface area contributed by atoms with Crippen molar-refractivity contribution in [3.63, 3.8) is 0 Å². The molecule has 1 aliphatic rings. The van der Waals surface area contributed by atoms with Crippen molar-refractivity contribution < 1.29 is 14.1 Å². The van der Waals surface area contributed by atoms with Gasteiger partial charge in [0, 0.05) is 12.2 Å². The summed E-state index contributed by atoms with van der Waals surface area (Å²) in [5.41, 5.74) is 2.62. The molecule has 7 heteroatoms. The lowest BCUT2D eigenvalue weighted by molar-refractivity contribution is 0.193. The van der Waals surface area contributed by atoms with Crippen molar-refractivity contribution in [2.24, 2.45) is 0 Å². The molecule has 0 radical (unpaired) electrons. The van der Waals surface area contributed by atoms with Gasteiger partial charge in [-0.25, -0.2) is 4.79 Å². The van der Waals surface area contributed by atoms with Crippen molar-refractivity contribution in [3.8, 4) is 17.1 Å². The third-order valence-corrected chi connectivity index (χ3v) is 4.86. The molecule has 0 aliphatic carbocycles. The maximum absolute atomic E-state index is 12.8. The highest BCUT2D eigenvalue weighted by Gasteiger charge is 2.34. The van der Waals surface area contributed by atoms with Gasteiger partial charge in [-0.05, 0) is 49.6 Å². The van der Waals surface area contributed by atoms with Crippen LogP contribution in [0.2, 0.25) is 0 Å². The van der Waals surface area contributed by atoms with E-state index in [1.807, 2.05) is 55.5 Å². The molecule has 1 aromatic heterocycles. The van der Waals surface area contributed by atoms with Crippen LogP contribution in [0.15, 0.2) is 53.1 Å². The number of carbonyl (C=O) groups excluding carboxylic acids is 1. The van der Waals surface area contributed by atoms with Crippen molar-refractivity contribution in [1.29, 1.82) is 0 Å². The summed E-state index contributed by atoms with van der Waals surface area (Å²) in [6, 6.07) is 14.8. The number of rotatable bonds is 4. The number of para-hydroxylation sites is 1. The molecule has 144 valence electrons. The molecule has 7 nitrogen and oxygen atoms in total. The number of carbonyl (C=O) groups is 1. The SMILES string of the molecule is COc1ccccc1-c1noc(C2CCCN2C(=O)Nc2cccc(C)c2)n1. The van der Waals surface area contributed by atoms with Gasteiger partial charge in [-0.1, -0.05) is 29.4 Å². The summed E-state index contributed by atoms with van der Waals surface area (Å²) in [7, 11) is 1.61. The van der Waals surface area contributed by atoms with Crippen LogP contribution >= 0.6 is 0 Å². The Hall–Kier alpha value is -3.35. The summed E-state index contributed by atoms with van der Waals surface area (Å²) in [4.78, 5) is 19.1. The summed E-state index contributed by atoms with van der Waals surface area (Å²) < 4.78 is 10.9. The maximum atomic E-state index is 12.8. The van der Waals surface area contributed by atoms with Gasteiger partial charge in [-0.15, -0.1) is 0 Å². The molecule has 2 aromatic carbocycles. The second-order valence-corrected chi connectivity index (χ2v) is 6.81. The number of nitrogens with one attached hydrogen (secondary N) is 1. The van der Waals surface area contributed by atoms with Crippen molar-refractivity contribution in [1.82, 2.24) is 15.0 Å². The summed E-state index contributed by atoms with van der Waals surface area (Å²) in [6.07, 6.45) is 1.67. The largest absolute Gasteiger partial charge is 0.496 e. The van der Waals surface area contributed by atoms with Crippen LogP contribution in [0.25, 0.3) is 11.4 Å². The molecular formula is C21H22N4O3. The van der Waals surface area contributed by atoms with Gasteiger partial charge in [0.25, 0.3) is 0 Å². The van der Waals surface area contributed by atoms with Gasteiger partial charge >= 0.3 is 6.03 Å². The maximum Gasteiger partial charge on any atom is 0.322 e. The van der Waals surface area contributed by atoms with Crippen LogP contribution in [0.5, 0.6) is 5.75 Å². The molecule has 1 saturated heterocycles. The Labute approximate surface area is 163 Å². The second kappa shape index (κ2) is 7.72. The fourth-order valence-electron chi connectivity index (χ4n) is 3.49. The summed E-state index contributed by atoms with van der Waals surface area (Å²) in [5, 5.41) is 7.06. The van der Waals surface area contributed by atoms with Gasteiger partial charge in [0.15, 0.2) is 0 Å². The predicted molar refractivity (Wildman–Crippen MR) is 105 cm³/mol. The van der Waals surface area contributed by atoms with Crippen molar-refractivity contribution in [2.75, 3.05) is 19.0 Å². The smallest absolute Gasteiger partial charge is 0.322 e. The van der Waals surface area contributed by atoms with Gasteiger partial charge in [-0.3, -0.25) is 0 Å². The van der Waals surface area contributed by atoms with E-state index in [0.29, 0.717) is 24.0 Å². The minimum Gasteiger partial charge on any atom is -0.496 e. The van der Waals surface area contributed by atoms with Crippen LogP contribution in [-0.4, -0.2) is 34.7 Å². The minimum atomic E-state index is -0.235. The number of methoxy groups -OCH3 is 1. The van der Waals surface area contributed by atoms with Crippen molar-refractivity contribution in [2.45, 2.75) is 25.8 Å². The van der Waals surface area contributed by atoms with Gasteiger partial charge < -0.3 is 19.5 Å². The van der Waals surface area contributed by atoms with E-state index < -0.39 is 0 Å². The summed E-state index contributed by atoms with van der Waals surface area (Å²) in [6.45, 7) is 2.64. The van der Waals surface area contributed by atoms with E-state index >= 15 is 0 Å². The Bertz CT molecular complexity index is 985. The number of urea groups is 1. The highest BCUT2D eigenvalue weighted by molar-refractivity contribution is 5.89. The van der Waals surface area contributed by atoms with Crippen LogP contribution in [0.3, 0.4) is 0 Å². The van der Waals surface area contributed by atoms with Crippen LogP contribution in [0.4, 0.5) is 10.5 Å². The lowest BCUT2D eigenvalue weighted by Gasteiger charge is -2.22. The van der Waals surface area contributed by atoms with E-state index in [1.165, 1.54) is 0 Å². The van der Waals surface area contributed by atoms with E-state index in [2.05, 4.69) is 15.5 Å². The van der Waals surface area contributed by atoms with Crippen LogP contribution in [0.1, 0.15) is 30.3 Å². The average Bonchev–Trinajstić information content (AvgIpc) is 3.37. The molecule has 0 saturated carbocycles.